The zero-order valence-electron chi connectivity index (χ0n) is 2.77. The molecule has 0 spiro atoms. The summed E-state index contributed by atoms with van der Waals surface area (Å²) in [5, 5.41) is 0. The third kappa shape index (κ3) is 3.84. The Labute approximate surface area is 55.2 Å². The first kappa shape index (κ1) is 8.29. The molecule has 0 radical (unpaired) electrons. The molecule has 6 heteroatoms. The molecular weight excluding hydrogens is 311 g/mol. The topological polar surface area (TPSA) is 0 Å². The van der Waals surface area contributed by atoms with Gasteiger partial charge in [0.25, 0.3) is 0 Å². The SMILES string of the molecule is FC(F)(F)I(Cl)Br. The molecule has 0 rings (SSSR count). The molecule has 0 aliphatic carbocycles. The van der Waals surface area contributed by atoms with Crippen LogP contribution in [0.25, 0.3) is 0 Å². The summed E-state index contributed by atoms with van der Waals surface area (Å²) >= 11 is -0.930. The van der Waals surface area contributed by atoms with E-state index in [1.165, 1.54) is 0 Å². The van der Waals surface area contributed by atoms with Crippen molar-refractivity contribution in [3.8, 4) is 0 Å². The van der Waals surface area contributed by atoms with Gasteiger partial charge in [-0.2, -0.15) is 0 Å². The van der Waals surface area contributed by atoms with Gasteiger partial charge in [-0.25, -0.2) is 0 Å². The van der Waals surface area contributed by atoms with Gasteiger partial charge in [0, 0.05) is 0 Å². The first-order valence-electron chi connectivity index (χ1n) is 1.04. The van der Waals surface area contributed by atoms with Gasteiger partial charge in [-0.3, -0.25) is 0 Å². The Morgan fingerprint density at radius 3 is 1.57 bits per heavy atom. The molecule has 0 aromatic carbocycles. The van der Waals surface area contributed by atoms with E-state index in [0.29, 0.717) is 0 Å². The Bertz CT molecular complexity index is 60.4. The summed E-state index contributed by atoms with van der Waals surface area (Å²) in [4.78, 5) is 0. The summed E-state index contributed by atoms with van der Waals surface area (Å²) in [6, 6.07) is 0. The Morgan fingerprint density at radius 2 is 1.57 bits per heavy atom. The molecule has 0 heterocycles. The van der Waals surface area contributed by atoms with E-state index in [1.807, 2.05) is 0 Å². The van der Waals surface area contributed by atoms with Crippen LogP contribution >= 0.6 is 38.1 Å². The molecule has 0 saturated heterocycles. The first-order valence-corrected chi connectivity index (χ1v) is 9.69. The van der Waals surface area contributed by atoms with Crippen LogP contribution in [0.4, 0.5) is 13.2 Å². The third-order valence-electron chi connectivity index (χ3n) is 0.162. The zero-order chi connectivity index (χ0) is 6.08. The molecule has 0 aliphatic rings. The molecule has 7 heavy (non-hydrogen) atoms. The minimum atomic E-state index is -4.16. The Hall–Kier alpha value is 1.29. The van der Waals surface area contributed by atoms with Crippen molar-refractivity contribution in [3.05, 3.63) is 0 Å². The quantitative estimate of drug-likeness (QED) is 0.475. The van der Waals surface area contributed by atoms with Crippen LogP contribution in [0.5, 0.6) is 0 Å². The fourth-order valence-corrected chi connectivity index (χ4v) is 0. The maximum absolute atomic E-state index is 11.1. The number of rotatable bonds is 0. The molecule has 0 nitrogen and oxygen atoms in total. The average molecular weight is 311 g/mol. The molecule has 0 bridgehead atoms. The second-order valence-corrected chi connectivity index (χ2v) is 11.2. The van der Waals surface area contributed by atoms with Gasteiger partial charge in [0.1, 0.15) is 0 Å². The molecule has 0 aromatic heterocycles. The van der Waals surface area contributed by atoms with Gasteiger partial charge in [-0.05, 0) is 0 Å². The van der Waals surface area contributed by atoms with Crippen LogP contribution in [0.2, 0.25) is 0 Å². The van der Waals surface area contributed by atoms with E-state index in [9.17, 15) is 13.2 Å². The molecule has 46 valence electrons. The summed E-state index contributed by atoms with van der Waals surface area (Å²) in [6.45, 7) is 0. The van der Waals surface area contributed by atoms with Crippen molar-refractivity contribution in [1.82, 2.24) is 0 Å². The summed E-state index contributed by atoms with van der Waals surface area (Å²) < 4.78 is 29.0. The predicted molar refractivity (Wildman–Crippen MR) is 34.9 cm³/mol. The maximum atomic E-state index is 11.1. The normalized spacial score (nSPS) is 14.1. The summed E-state index contributed by atoms with van der Waals surface area (Å²) in [6.07, 6.45) is 0. The van der Waals surface area contributed by atoms with Gasteiger partial charge in [0.05, 0.1) is 0 Å². The predicted octanol–water partition coefficient (Wildman–Crippen LogP) is 3.48. The standard InChI is InChI=1S/CBrClF3I/c2-7(3)1(4,5)6. The second-order valence-electron chi connectivity index (χ2n) is 0.625. The van der Waals surface area contributed by atoms with Crippen LogP contribution in [-0.4, -0.2) is 4.18 Å². The van der Waals surface area contributed by atoms with Gasteiger partial charge in [0.2, 0.25) is 0 Å². The van der Waals surface area contributed by atoms with Gasteiger partial charge < -0.3 is 0 Å². The number of hydrogen-bond acceptors (Lipinski definition) is 0. The number of alkyl halides is 4. The van der Waals surface area contributed by atoms with Crippen LogP contribution in [-0.2, 0) is 0 Å². The van der Waals surface area contributed by atoms with Crippen molar-refractivity contribution in [2.24, 2.45) is 0 Å². The Morgan fingerprint density at radius 1 is 1.43 bits per heavy atom. The molecule has 0 unspecified atom stereocenters. The van der Waals surface area contributed by atoms with Crippen LogP contribution in [0.15, 0.2) is 0 Å². The van der Waals surface area contributed by atoms with Gasteiger partial charge in [-0.15, -0.1) is 0 Å². The van der Waals surface area contributed by atoms with Crippen LogP contribution in [0.3, 0.4) is 0 Å². The number of hydrogen-bond donors (Lipinski definition) is 0. The molecular formula is CBrClF3I. The van der Waals surface area contributed by atoms with Crippen LogP contribution in [0.1, 0.15) is 0 Å². The summed E-state index contributed by atoms with van der Waals surface area (Å²) in [7, 11) is 4.70. The van der Waals surface area contributed by atoms with Crippen molar-refractivity contribution in [1.29, 1.82) is 0 Å². The van der Waals surface area contributed by atoms with Crippen molar-refractivity contribution in [2.45, 2.75) is 4.18 Å². The van der Waals surface area contributed by atoms with E-state index in [4.69, 9.17) is 8.91 Å². The summed E-state index contributed by atoms with van der Waals surface area (Å²) in [5.74, 6) is 0. The van der Waals surface area contributed by atoms with E-state index in [1.54, 1.807) is 0 Å². The second kappa shape index (κ2) is 2.72. The zero-order valence-corrected chi connectivity index (χ0v) is 7.27. The molecule has 0 saturated carbocycles. The fourth-order valence-electron chi connectivity index (χ4n) is 0. The molecule has 0 atom stereocenters. The van der Waals surface area contributed by atoms with Crippen molar-refractivity contribution in [2.75, 3.05) is 0 Å². The van der Waals surface area contributed by atoms with Crippen molar-refractivity contribution >= 4 is 38.1 Å². The molecule has 0 aliphatic heterocycles. The van der Waals surface area contributed by atoms with E-state index in [0.717, 1.165) is 0 Å². The molecule has 0 fully saturated rings. The monoisotopic (exact) mass is 310 g/mol. The van der Waals surface area contributed by atoms with E-state index in [2.05, 4.69) is 12.7 Å². The van der Waals surface area contributed by atoms with E-state index < -0.39 is 20.6 Å². The van der Waals surface area contributed by atoms with Crippen molar-refractivity contribution in [3.63, 3.8) is 0 Å². The first-order chi connectivity index (χ1) is 2.94. The summed E-state index contributed by atoms with van der Waals surface area (Å²) in [5.41, 5.74) is 0. The van der Waals surface area contributed by atoms with Crippen LogP contribution in [0, 0.1) is 0 Å². The van der Waals surface area contributed by atoms with E-state index in [-0.39, 0.29) is 0 Å². The fraction of sp³-hybridized carbons (Fsp3) is 1.00. The molecule has 0 aromatic rings. The Balaban J connectivity index is 3.54. The molecule has 0 amide bonds. The van der Waals surface area contributed by atoms with Crippen LogP contribution < -0.4 is 0 Å². The average Bonchev–Trinajstić information content (AvgIpc) is 1.31. The third-order valence-corrected chi connectivity index (χ3v) is 4.45. The van der Waals surface area contributed by atoms with Gasteiger partial charge in [0.15, 0.2) is 0 Å². The van der Waals surface area contributed by atoms with E-state index >= 15 is 0 Å². The molecule has 0 N–H and O–H groups in total. The number of halogens is 6. The minimum absolute atomic E-state index is 2.29. The Kier molecular flexibility index (Phi) is 3.23. The van der Waals surface area contributed by atoms with Crippen molar-refractivity contribution < 1.29 is 13.2 Å². The van der Waals surface area contributed by atoms with Gasteiger partial charge >= 0.3 is 55.4 Å². The van der Waals surface area contributed by atoms with Gasteiger partial charge in [-0.1, -0.05) is 0 Å².